The van der Waals surface area contributed by atoms with Gasteiger partial charge in [-0.25, -0.2) is 4.39 Å². The summed E-state index contributed by atoms with van der Waals surface area (Å²) in [7, 11) is 0. The van der Waals surface area contributed by atoms with Crippen LogP contribution in [-0.2, 0) is 5.60 Å². The lowest BCUT2D eigenvalue weighted by Gasteiger charge is -2.21. The average molecular weight is 249 g/mol. The molecule has 2 aromatic rings. The van der Waals surface area contributed by atoms with Crippen molar-refractivity contribution >= 4 is 11.0 Å². The van der Waals surface area contributed by atoms with Crippen molar-refractivity contribution in [3.63, 3.8) is 0 Å². The lowest BCUT2D eigenvalue weighted by Crippen LogP contribution is -2.36. The zero-order valence-corrected chi connectivity index (χ0v) is 10.2. The van der Waals surface area contributed by atoms with Gasteiger partial charge in [0.2, 0.25) is 0 Å². The van der Waals surface area contributed by atoms with Crippen LogP contribution < -0.4 is 5.32 Å². The maximum atomic E-state index is 13.1. The number of furan rings is 1. The highest BCUT2D eigenvalue weighted by Gasteiger charge is 2.30. The standard InChI is InChI=1S/C14H16FNO2/c1-14(17,8-16-11-3-4-11)13-7-9-6-10(15)2-5-12(9)18-13/h2,5-7,11,16-17H,3-4,8H2,1H3. The topological polar surface area (TPSA) is 45.4 Å². The van der Waals surface area contributed by atoms with Gasteiger partial charge < -0.3 is 14.8 Å². The van der Waals surface area contributed by atoms with Crippen LogP contribution in [0.4, 0.5) is 4.39 Å². The van der Waals surface area contributed by atoms with Crippen molar-refractivity contribution in [2.75, 3.05) is 6.54 Å². The van der Waals surface area contributed by atoms with Gasteiger partial charge in [0.25, 0.3) is 0 Å². The highest BCUT2D eigenvalue weighted by molar-refractivity contribution is 5.78. The lowest BCUT2D eigenvalue weighted by atomic mass is 10.0. The Labute approximate surface area is 105 Å². The van der Waals surface area contributed by atoms with Crippen LogP contribution in [0.25, 0.3) is 11.0 Å². The minimum absolute atomic E-state index is 0.300. The number of fused-ring (bicyclic) bond motifs is 1. The summed E-state index contributed by atoms with van der Waals surface area (Å²) in [5, 5.41) is 14.3. The van der Waals surface area contributed by atoms with Crippen molar-refractivity contribution in [2.45, 2.75) is 31.4 Å². The molecule has 2 N–H and O–H groups in total. The number of hydrogen-bond donors (Lipinski definition) is 2. The van der Waals surface area contributed by atoms with E-state index in [4.69, 9.17) is 4.42 Å². The summed E-state index contributed by atoms with van der Waals surface area (Å²) in [5.41, 5.74) is -0.476. The fraction of sp³-hybridized carbons (Fsp3) is 0.429. The third-order valence-electron chi connectivity index (χ3n) is 3.32. The van der Waals surface area contributed by atoms with Gasteiger partial charge in [-0.2, -0.15) is 0 Å². The number of halogens is 1. The molecule has 18 heavy (non-hydrogen) atoms. The zero-order chi connectivity index (χ0) is 12.8. The molecule has 1 saturated carbocycles. The van der Waals surface area contributed by atoms with Crippen molar-refractivity contribution in [1.29, 1.82) is 0 Å². The second-order valence-electron chi connectivity index (χ2n) is 5.22. The molecule has 1 heterocycles. The lowest BCUT2D eigenvalue weighted by molar-refractivity contribution is 0.0355. The van der Waals surface area contributed by atoms with Crippen molar-refractivity contribution in [3.05, 3.63) is 35.8 Å². The summed E-state index contributed by atoms with van der Waals surface area (Å²) in [5.74, 6) is 0.168. The van der Waals surface area contributed by atoms with E-state index in [0.29, 0.717) is 29.3 Å². The molecule has 0 amide bonds. The van der Waals surface area contributed by atoms with Crippen molar-refractivity contribution in [3.8, 4) is 0 Å². The first-order chi connectivity index (χ1) is 8.54. The molecule has 1 aromatic carbocycles. The molecule has 4 heteroatoms. The molecule has 0 aliphatic heterocycles. The van der Waals surface area contributed by atoms with E-state index in [2.05, 4.69) is 5.32 Å². The summed E-state index contributed by atoms with van der Waals surface area (Å²) >= 11 is 0. The molecule has 0 spiro atoms. The molecule has 1 unspecified atom stereocenters. The molecule has 1 aromatic heterocycles. The van der Waals surface area contributed by atoms with E-state index in [-0.39, 0.29) is 5.82 Å². The van der Waals surface area contributed by atoms with Gasteiger partial charge in [0, 0.05) is 18.0 Å². The Balaban J connectivity index is 1.87. The molecular formula is C14H16FNO2. The van der Waals surface area contributed by atoms with E-state index in [1.54, 1.807) is 19.1 Å². The fourth-order valence-electron chi connectivity index (χ4n) is 2.00. The number of benzene rings is 1. The predicted octanol–water partition coefficient (Wildman–Crippen LogP) is 2.53. The Morgan fingerprint density at radius 3 is 2.94 bits per heavy atom. The van der Waals surface area contributed by atoms with Crippen LogP contribution in [0.15, 0.2) is 28.7 Å². The minimum Gasteiger partial charge on any atom is -0.458 e. The third-order valence-corrected chi connectivity index (χ3v) is 3.32. The van der Waals surface area contributed by atoms with Gasteiger partial charge in [-0.05, 0) is 44.0 Å². The van der Waals surface area contributed by atoms with Crippen molar-refractivity contribution < 1.29 is 13.9 Å². The second-order valence-corrected chi connectivity index (χ2v) is 5.22. The summed E-state index contributed by atoms with van der Waals surface area (Å²) in [4.78, 5) is 0. The van der Waals surface area contributed by atoms with Crippen LogP contribution in [0.5, 0.6) is 0 Å². The largest absolute Gasteiger partial charge is 0.458 e. The zero-order valence-electron chi connectivity index (χ0n) is 10.2. The van der Waals surface area contributed by atoms with Crippen LogP contribution in [0.1, 0.15) is 25.5 Å². The number of hydrogen-bond acceptors (Lipinski definition) is 3. The Bertz CT molecular complexity index is 572. The van der Waals surface area contributed by atoms with Gasteiger partial charge >= 0.3 is 0 Å². The molecule has 96 valence electrons. The third kappa shape index (κ3) is 2.26. The molecule has 3 rings (SSSR count). The molecular weight excluding hydrogens is 233 g/mol. The highest BCUT2D eigenvalue weighted by atomic mass is 19.1. The highest BCUT2D eigenvalue weighted by Crippen LogP contribution is 2.29. The predicted molar refractivity (Wildman–Crippen MR) is 66.8 cm³/mol. The number of nitrogens with one attached hydrogen (secondary N) is 1. The van der Waals surface area contributed by atoms with Crippen LogP contribution in [-0.4, -0.2) is 17.7 Å². The maximum absolute atomic E-state index is 13.1. The van der Waals surface area contributed by atoms with Gasteiger partial charge in [-0.15, -0.1) is 0 Å². The second kappa shape index (κ2) is 4.07. The van der Waals surface area contributed by atoms with Gasteiger partial charge in [0.05, 0.1) is 0 Å². The van der Waals surface area contributed by atoms with Crippen LogP contribution in [0.2, 0.25) is 0 Å². The van der Waals surface area contributed by atoms with Crippen LogP contribution in [0.3, 0.4) is 0 Å². The molecule has 0 saturated heterocycles. The first kappa shape index (κ1) is 11.7. The van der Waals surface area contributed by atoms with Gasteiger partial charge in [-0.1, -0.05) is 0 Å². The summed E-state index contributed by atoms with van der Waals surface area (Å²) < 4.78 is 18.7. The SMILES string of the molecule is CC(O)(CNC1CC1)c1cc2cc(F)ccc2o1. The van der Waals surface area contributed by atoms with E-state index in [0.717, 1.165) is 0 Å². The van der Waals surface area contributed by atoms with Crippen molar-refractivity contribution in [1.82, 2.24) is 5.32 Å². The van der Waals surface area contributed by atoms with E-state index in [1.165, 1.54) is 25.0 Å². The molecule has 1 fully saturated rings. The summed E-state index contributed by atoms with van der Waals surface area (Å²) in [6.07, 6.45) is 2.34. The van der Waals surface area contributed by atoms with E-state index < -0.39 is 5.60 Å². The maximum Gasteiger partial charge on any atom is 0.137 e. The number of aliphatic hydroxyl groups is 1. The smallest absolute Gasteiger partial charge is 0.137 e. The quantitative estimate of drug-likeness (QED) is 0.875. The Morgan fingerprint density at radius 2 is 2.22 bits per heavy atom. The van der Waals surface area contributed by atoms with Crippen LogP contribution >= 0.6 is 0 Å². The molecule has 1 atom stereocenters. The minimum atomic E-state index is -1.07. The van der Waals surface area contributed by atoms with Gasteiger partial charge in [-0.3, -0.25) is 0 Å². The molecule has 3 nitrogen and oxygen atoms in total. The first-order valence-corrected chi connectivity index (χ1v) is 6.20. The molecule has 1 aliphatic carbocycles. The van der Waals surface area contributed by atoms with E-state index in [9.17, 15) is 9.50 Å². The van der Waals surface area contributed by atoms with Crippen molar-refractivity contribution in [2.24, 2.45) is 0 Å². The fourth-order valence-corrected chi connectivity index (χ4v) is 2.00. The number of rotatable bonds is 4. The Hall–Kier alpha value is -1.39. The molecule has 0 bridgehead atoms. The van der Waals surface area contributed by atoms with Gasteiger partial charge in [0.1, 0.15) is 22.8 Å². The molecule has 1 aliphatic rings. The Kier molecular flexibility index (Phi) is 2.64. The van der Waals surface area contributed by atoms with E-state index >= 15 is 0 Å². The monoisotopic (exact) mass is 249 g/mol. The summed E-state index contributed by atoms with van der Waals surface area (Å²) in [6, 6.07) is 6.57. The van der Waals surface area contributed by atoms with Gasteiger partial charge in [0.15, 0.2) is 0 Å². The Morgan fingerprint density at radius 1 is 1.44 bits per heavy atom. The first-order valence-electron chi connectivity index (χ1n) is 6.20. The molecule has 0 radical (unpaired) electrons. The van der Waals surface area contributed by atoms with Crippen LogP contribution in [0, 0.1) is 5.82 Å². The summed E-state index contributed by atoms with van der Waals surface area (Å²) in [6.45, 7) is 2.15. The average Bonchev–Trinajstić information content (AvgIpc) is 3.05. The normalized spacial score (nSPS) is 19.1. The van der Waals surface area contributed by atoms with E-state index in [1.807, 2.05) is 0 Å².